The zero-order valence-corrected chi connectivity index (χ0v) is 12.3. The molecule has 0 saturated heterocycles. The second kappa shape index (κ2) is 5.68. The molecule has 0 bridgehead atoms. The van der Waals surface area contributed by atoms with E-state index in [1.54, 1.807) is 0 Å². The lowest BCUT2D eigenvalue weighted by Crippen LogP contribution is -2.37. The first-order chi connectivity index (χ1) is 10.2. The number of nitrogens with one attached hydrogen (secondary N) is 1. The zero-order chi connectivity index (χ0) is 14.8. The van der Waals surface area contributed by atoms with Gasteiger partial charge in [0, 0.05) is 16.1 Å². The minimum atomic E-state index is -0.173. The number of para-hydroxylation sites is 1. The SMILES string of the molecule is CC1N=C(c2ccccc2Cl)c2ccccc2N=C1NN. The molecular weight excluding hydrogens is 284 g/mol. The minimum Gasteiger partial charge on any atom is -0.310 e. The second-order valence-electron chi connectivity index (χ2n) is 4.79. The van der Waals surface area contributed by atoms with E-state index >= 15 is 0 Å². The van der Waals surface area contributed by atoms with Crippen molar-refractivity contribution in [2.75, 3.05) is 0 Å². The van der Waals surface area contributed by atoms with Crippen molar-refractivity contribution in [1.29, 1.82) is 0 Å². The molecule has 3 rings (SSSR count). The number of rotatable bonds is 1. The summed E-state index contributed by atoms with van der Waals surface area (Å²) in [5, 5.41) is 0.669. The van der Waals surface area contributed by atoms with Crippen molar-refractivity contribution >= 4 is 28.8 Å². The van der Waals surface area contributed by atoms with E-state index in [0.29, 0.717) is 10.9 Å². The molecule has 21 heavy (non-hydrogen) atoms. The predicted molar refractivity (Wildman–Crippen MR) is 87.4 cm³/mol. The third-order valence-corrected chi connectivity index (χ3v) is 3.72. The fraction of sp³-hybridized carbons (Fsp3) is 0.125. The Morgan fingerprint density at radius 2 is 1.71 bits per heavy atom. The highest BCUT2D eigenvalue weighted by Gasteiger charge is 2.20. The molecule has 1 aliphatic rings. The maximum atomic E-state index is 6.34. The van der Waals surface area contributed by atoms with Crippen molar-refractivity contribution < 1.29 is 0 Å². The summed E-state index contributed by atoms with van der Waals surface area (Å²) >= 11 is 6.34. The van der Waals surface area contributed by atoms with E-state index in [9.17, 15) is 0 Å². The number of amidine groups is 1. The highest BCUT2D eigenvalue weighted by atomic mass is 35.5. The first kappa shape index (κ1) is 13.8. The monoisotopic (exact) mass is 298 g/mol. The standard InChI is InChI=1S/C16H15ClN4/c1-10-16(21-18)20-14-9-5-3-7-12(14)15(19-10)11-6-2-4-8-13(11)17/h2-10H,18H2,1H3,(H,20,21). The van der Waals surface area contributed by atoms with E-state index in [2.05, 4.69) is 10.4 Å². The van der Waals surface area contributed by atoms with E-state index in [-0.39, 0.29) is 6.04 Å². The Balaban J connectivity index is 2.25. The summed E-state index contributed by atoms with van der Waals surface area (Å²) in [6.45, 7) is 1.95. The lowest BCUT2D eigenvalue weighted by molar-refractivity contribution is 0.884. The molecule has 1 atom stereocenters. The van der Waals surface area contributed by atoms with Crippen LogP contribution < -0.4 is 11.3 Å². The molecule has 0 radical (unpaired) electrons. The number of halogens is 1. The van der Waals surface area contributed by atoms with Gasteiger partial charge in [0.2, 0.25) is 0 Å². The summed E-state index contributed by atoms with van der Waals surface area (Å²) in [5.74, 6) is 6.19. The molecule has 3 N–H and O–H groups in total. The van der Waals surface area contributed by atoms with Gasteiger partial charge in [0.05, 0.1) is 11.4 Å². The van der Waals surface area contributed by atoms with Crippen molar-refractivity contribution in [1.82, 2.24) is 5.43 Å². The highest BCUT2D eigenvalue weighted by molar-refractivity contribution is 6.36. The Morgan fingerprint density at radius 3 is 2.43 bits per heavy atom. The quantitative estimate of drug-likeness (QED) is 0.628. The Morgan fingerprint density at radius 1 is 1.05 bits per heavy atom. The maximum Gasteiger partial charge on any atom is 0.141 e. The first-order valence-electron chi connectivity index (χ1n) is 6.68. The van der Waals surface area contributed by atoms with Gasteiger partial charge < -0.3 is 5.43 Å². The summed E-state index contributed by atoms with van der Waals surface area (Å²) in [7, 11) is 0. The Hall–Kier alpha value is -2.17. The van der Waals surface area contributed by atoms with E-state index in [4.69, 9.17) is 22.4 Å². The predicted octanol–water partition coefficient (Wildman–Crippen LogP) is 3.07. The van der Waals surface area contributed by atoms with Crippen LogP contribution in [0.25, 0.3) is 0 Å². The van der Waals surface area contributed by atoms with Crippen molar-refractivity contribution in [3.63, 3.8) is 0 Å². The molecule has 0 aromatic heterocycles. The van der Waals surface area contributed by atoms with Gasteiger partial charge in [-0.25, -0.2) is 10.8 Å². The lowest BCUT2D eigenvalue weighted by Gasteiger charge is -2.11. The molecule has 2 aromatic carbocycles. The van der Waals surface area contributed by atoms with Crippen molar-refractivity contribution in [2.24, 2.45) is 15.8 Å². The van der Waals surface area contributed by atoms with Crippen LogP contribution in [0.3, 0.4) is 0 Å². The summed E-state index contributed by atoms with van der Waals surface area (Å²) in [5.41, 5.74) is 6.13. The van der Waals surface area contributed by atoms with Crippen LogP contribution >= 0.6 is 11.6 Å². The van der Waals surface area contributed by atoms with E-state index in [1.165, 1.54) is 0 Å². The number of nitrogens with zero attached hydrogens (tertiary/aromatic N) is 2. The number of nitrogens with two attached hydrogens (primary N) is 1. The largest absolute Gasteiger partial charge is 0.310 e. The Labute approximate surface area is 128 Å². The molecular formula is C16H15ClN4. The Kier molecular flexibility index (Phi) is 3.73. The van der Waals surface area contributed by atoms with Gasteiger partial charge in [0.15, 0.2) is 0 Å². The number of hydrogen-bond acceptors (Lipinski definition) is 4. The highest BCUT2D eigenvalue weighted by Crippen LogP contribution is 2.28. The van der Waals surface area contributed by atoms with Crippen molar-refractivity contribution in [3.05, 3.63) is 64.7 Å². The lowest BCUT2D eigenvalue weighted by atomic mass is 10.0. The first-order valence-corrected chi connectivity index (χ1v) is 7.06. The summed E-state index contributed by atoms with van der Waals surface area (Å²) in [6.07, 6.45) is 0. The fourth-order valence-corrected chi connectivity index (χ4v) is 2.56. The molecule has 1 unspecified atom stereocenters. The van der Waals surface area contributed by atoms with Gasteiger partial charge in [-0.05, 0) is 19.1 Å². The zero-order valence-electron chi connectivity index (χ0n) is 11.5. The molecule has 106 valence electrons. The van der Waals surface area contributed by atoms with E-state index in [1.807, 2.05) is 55.5 Å². The molecule has 4 nitrogen and oxygen atoms in total. The number of hydrazine groups is 1. The number of aliphatic imine (C=N–C) groups is 2. The normalized spacial score (nSPS) is 17.4. The van der Waals surface area contributed by atoms with E-state index < -0.39 is 0 Å². The van der Waals surface area contributed by atoms with Crippen LogP contribution in [0.2, 0.25) is 5.02 Å². The van der Waals surface area contributed by atoms with Gasteiger partial charge in [-0.1, -0.05) is 48.0 Å². The number of benzene rings is 2. The molecule has 0 fully saturated rings. The molecule has 0 saturated carbocycles. The van der Waals surface area contributed by atoms with Crippen LogP contribution in [0.5, 0.6) is 0 Å². The average Bonchev–Trinajstić information content (AvgIpc) is 2.65. The second-order valence-corrected chi connectivity index (χ2v) is 5.20. The fourth-order valence-electron chi connectivity index (χ4n) is 2.34. The molecule has 0 amide bonds. The van der Waals surface area contributed by atoms with Gasteiger partial charge in [-0.2, -0.15) is 0 Å². The van der Waals surface area contributed by atoms with Gasteiger partial charge in [0.25, 0.3) is 0 Å². The summed E-state index contributed by atoms with van der Waals surface area (Å²) in [4.78, 5) is 9.33. The molecule has 0 spiro atoms. The maximum absolute atomic E-state index is 6.34. The average molecular weight is 299 g/mol. The van der Waals surface area contributed by atoms with Crippen LogP contribution in [0.1, 0.15) is 18.1 Å². The molecule has 1 aliphatic heterocycles. The van der Waals surface area contributed by atoms with Crippen molar-refractivity contribution in [2.45, 2.75) is 13.0 Å². The Bertz CT molecular complexity index is 737. The van der Waals surface area contributed by atoms with Gasteiger partial charge in [0.1, 0.15) is 11.9 Å². The van der Waals surface area contributed by atoms with Crippen molar-refractivity contribution in [3.8, 4) is 0 Å². The molecule has 1 heterocycles. The van der Waals surface area contributed by atoms with Gasteiger partial charge in [-0.15, -0.1) is 0 Å². The summed E-state index contributed by atoms with van der Waals surface area (Å²) in [6, 6.07) is 15.3. The van der Waals surface area contributed by atoms with Crippen LogP contribution in [-0.2, 0) is 0 Å². The van der Waals surface area contributed by atoms with Crippen LogP contribution in [0.4, 0.5) is 5.69 Å². The molecule has 2 aromatic rings. The van der Waals surface area contributed by atoms with Crippen LogP contribution in [0, 0.1) is 0 Å². The summed E-state index contributed by atoms with van der Waals surface area (Å²) < 4.78 is 0. The molecule has 5 heteroatoms. The molecule has 0 aliphatic carbocycles. The van der Waals surface area contributed by atoms with E-state index in [0.717, 1.165) is 22.5 Å². The number of hydrogen-bond donors (Lipinski definition) is 2. The van der Waals surface area contributed by atoms with Crippen LogP contribution in [0.15, 0.2) is 58.5 Å². The smallest absolute Gasteiger partial charge is 0.141 e. The third kappa shape index (κ3) is 2.55. The van der Waals surface area contributed by atoms with Gasteiger partial charge >= 0.3 is 0 Å². The van der Waals surface area contributed by atoms with Gasteiger partial charge in [-0.3, -0.25) is 4.99 Å². The minimum absolute atomic E-state index is 0.173. The number of fused-ring (bicyclic) bond motifs is 1. The van der Waals surface area contributed by atoms with Crippen LogP contribution in [-0.4, -0.2) is 17.6 Å². The topological polar surface area (TPSA) is 62.8 Å². The third-order valence-electron chi connectivity index (χ3n) is 3.40.